The van der Waals surface area contributed by atoms with E-state index in [0.717, 1.165) is 12.0 Å². The highest BCUT2D eigenvalue weighted by molar-refractivity contribution is 9.10. The van der Waals surface area contributed by atoms with E-state index in [9.17, 15) is 13.5 Å². The van der Waals surface area contributed by atoms with E-state index in [2.05, 4.69) is 20.7 Å². The quantitative estimate of drug-likeness (QED) is 0.818. The van der Waals surface area contributed by atoms with Gasteiger partial charge in [0.05, 0.1) is 11.5 Å². The van der Waals surface area contributed by atoms with Gasteiger partial charge in [-0.25, -0.2) is 13.1 Å². The number of hydrogen-bond donors (Lipinski definition) is 2. The van der Waals surface area contributed by atoms with Crippen molar-refractivity contribution >= 4 is 26.0 Å². The molecule has 0 unspecified atom stereocenters. The second-order valence-electron chi connectivity index (χ2n) is 5.37. The lowest BCUT2D eigenvalue weighted by Gasteiger charge is -2.25. The molecule has 2 rings (SSSR count). The van der Waals surface area contributed by atoms with Crippen LogP contribution in [0.5, 0.6) is 0 Å². The van der Waals surface area contributed by atoms with Gasteiger partial charge in [0.1, 0.15) is 0 Å². The van der Waals surface area contributed by atoms with Crippen LogP contribution < -0.4 is 4.72 Å². The number of aliphatic hydroxyl groups excluding tert-OH is 1. The molecule has 0 bridgehead atoms. The lowest BCUT2D eigenvalue weighted by molar-refractivity contribution is 0.281. The van der Waals surface area contributed by atoms with Crippen LogP contribution in [0, 0.1) is 12.8 Å². The summed E-state index contributed by atoms with van der Waals surface area (Å²) in [5, 5.41) is 9.20. The Balaban J connectivity index is 2.13. The van der Waals surface area contributed by atoms with Gasteiger partial charge < -0.3 is 5.11 Å². The average molecular weight is 362 g/mol. The highest BCUT2D eigenvalue weighted by Crippen LogP contribution is 2.30. The number of aliphatic hydroxyl groups is 1. The molecule has 112 valence electrons. The van der Waals surface area contributed by atoms with Crippen molar-refractivity contribution in [2.24, 2.45) is 5.92 Å². The number of hydrogen-bond acceptors (Lipinski definition) is 3. The van der Waals surface area contributed by atoms with Gasteiger partial charge in [0.25, 0.3) is 0 Å². The molecule has 1 aromatic carbocycles. The SMILES string of the molecule is Cc1cc(CO)cc(S(=O)(=O)NCCC2CCC2)c1Br. The summed E-state index contributed by atoms with van der Waals surface area (Å²) in [6.45, 7) is 2.12. The average Bonchev–Trinajstić information content (AvgIpc) is 2.35. The summed E-state index contributed by atoms with van der Waals surface area (Å²) in [7, 11) is -3.53. The molecule has 4 nitrogen and oxygen atoms in total. The Morgan fingerprint density at radius 3 is 2.65 bits per heavy atom. The van der Waals surface area contributed by atoms with Crippen LogP contribution in [-0.2, 0) is 16.6 Å². The third kappa shape index (κ3) is 3.61. The van der Waals surface area contributed by atoms with Crippen molar-refractivity contribution in [3.8, 4) is 0 Å². The van der Waals surface area contributed by atoms with E-state index in [1.807, 2.05) is 6.92 Å². The molecule has 0 aromatic heterocycles. The smallest absolute Gasteiger partial charge is 0.241 e. The first kappa shape index (κ1) is 15.9. The number of rotatable bonds is 6. The van der Waals surface area contributed by atoms with Crippen LogP contribution in [0.3, 0.4) is 0 Å². The topological polar surface area (TPSA) is 66.4 Å². The lowest BCUT2D eigenvalue weighted by atomic mass is 9.83. The number of benzene rings is 1. The Hall–Kier alpha value is -0.430. The molecule has 0 heterocycles. The maximum atomic E-state index is 12.3. The van der Waals surface area contributed by atoms with Gasteiger partial charge >= 0.3 is 0 Å². The van der Waals surface area contributed by atoms with Gasteiger partial charge in [0.15, 0.2) is 0 Å². The number of halogens is 1. The third-order valence-electron chi connectivity index (χ3n) is 3.82. The first-order valence-corrected chi connectivity index (χ1v) is 9.11. The Labute approximate surface area is 128 Å². The van der Waals surface area contributed by atoms with Crippen LogP contribution in [0.2, 0.25) is 0 Å². The lowest BCUT2D eigenvalue weighted by Crippen LogP contribution is -2.28. The third-order valence-corrected chi connectivity index (χ3v) is 6.62. The molecule has 1 fully saturated rings. The molecule has 0 saturated heterocycles. The Kier molecular flexibility index (Phi) is 5.23. The molecule has 1 aliphatic carbocycles. The first-order chi connectivity index (χ1) is 9.44. The fraction of sp³-hybridized carbons (Fsp3) is 0.571. The van der Waals surface area contributed by atoms with E-state index >= 15 is 0 Å². The van der Waals surface area contributed by atoms with E-state index in [1.165, 1.54) is 25.3 Å². The van der Waals surface area contributed by atoms with Crippen molar-refractivity contribution in [1.82, 2.24) is 4.72 Å². The second-order valence-corrected chi connectivity index (χ2v) is 7.89. The van der Waals surface area contributed by atoms with E-state index in [4.69, 9.17) is 0 Å². The van der Waals surface area contributed by atoms with Gasteiger partial charge in [-0.1, -0.05) is 25.3 Å². The molecule has 6 heteroatoms. The van der Waals surface area contributed by atoms with E-state index in [1.54, 1.807) is 6.07 Å². The van der Waals surface area contributed by atoms with Gasteiger partial charge in [-0.05, 0) is 52.4 Å². The van der Waals surface area contributed by atoms with Gasteiger partial charge in [0.2, 0.25) is 10.0 Å². The summed E-state index contributed by atoms with van der Waals surface area (Å²) >= 11 is 3.32. The highest BCUT2D eigenvalue weighted by Gasteiger charge is 2.21. The fourth-order valence-electron chi connectivity index (χ4n) is 2.35. The van der Waals surface area contributed by atoms with E-state index in [0.29, 0.717) is 22.5 Å². The van der Waals surface area contributed by atoms with Crippen molar-refractivity contribution in [3.63, 3.8) is 0 Å². The molecule has 0 spiro atoms. The zero-order valence-corrected chi connectivity index (χ0v) is 13.9. The van der Waals surface area contributed by atoms with Crippen molar-refractivity contribution in [3.05, 3.63) is 27.7 Å². The van der Waals surface area contributed by atoms with Crippen molar-refractivity contribution < 1.29 is 13.5 Å². The van der Waals surface area contributed by atoms with Crippen LogP contribution >= 0.6 is 15.9 Å². The molecule has 0 radical (unpaired) electrons. The largest absolute Gasteiger partial charge is 0.392 e. The maximum Gasteiger partial charge on any atom is 0.241 e. The first-order valence-electron chi connectivity index (χ1n) is 6.83. The minimum Gasteiger partial charge on any atom is -0.392 e. The zero-order chi connectivity index (χ0) is 14.8. The second kappa shape index (κ2) is 6.56. The van der Waals surface area contributed by atoms with Crippen molar-refractivity contribution in [2.45, 2.75) is 44.1 Å². The van der Waals surface area contributed by atoms with E-state index < -0.39 is 10.0 Å². The summed E-state index contributed by atoms with van der Waals surface area (Å²) in [5.74, 6) is 0.673. The molecule has 1 aliphatic rings. The van der Waals surface area contributed by atoms with Crippen LogP contribution in [-0.4, -0.2) is 20.1 Å². The Morgan fingerprint density at radius 1 is 1.40 bits per heavy atom. The van der Waals surface area contributed by atoms with Gasteiger partial charge in [-0.3, -0.25) is 0 Å². The normalized spacial score (nSPS) is 16.1. The van der Waals surface area contributed by atoms with Crippen LogP contribution in [0.25, 0.3) is 0 Å². The van der Waals surface area contributed by atoms with Crippen LogP contribution in [0.4, 0.5) is 0 Å². The number of sulfonamides is 1. The minimum atomic E-state index is -3.53. The molecular formula is C14H20BrNO3S. The maximum absolute atomic E-state index is 12.3. The summed E-state index contributed by atoms with van der Waals surface area (Å²) < 4.78 is 27.9. The molecule has 0 amide bonds. The molecule has 2 N–H and O–H groups in total. The monoisotopic (exact) mass is 361 g/mol. The van der Waals surface area contributed by atoms with Crippen LogP contribution in [0.1, 0.15) is 36.8 Å². The van der Waals surface area contributed by atoms with Crippen molar-refractivity contribution in [2.75, 3.05) is 6.54 Å². The summed E-state index contributed by atoms with van der Waals surface area (Å²) in [6, 6.07) is 3.29. The predicted molar refractivity (Wildman–Crippen MR) is 81.9 cm³/mol. The molecule has 1 aromatic rings. The Bertz CT molecular complexity index is 582. The molecular weight excluding hydrogens is 342 g/mol. The fourth-order valence-corrected chi connectivity index (χ4v) is 4.47. The van der Waals surface area contributed by atoms with Crippen LogP contribution in [0.15, 0.2) is 21.5 Å². The molecule has 0 aliphatic heterocycles. The number of aryl methyl sites for hydroxylation is 1. The Morgan fingerprint density at radius 2 is 2.10 bits per heavy atom. The summed E-state index contributed by atoms with van der Waals surface area (Å²) in [6.07, 6.45) is 4.59. The zero-order valence-electron chi connectivity index (χ0n) is 11.5. The molecule has 20 heavy (non-hydrogen) atoms. The summed E-state index contributed by atoms with van der Waals surface area (Å²) in [4.78, 5) is 0.204. The minimum absolute atomic E-state index is 0.168. The van der Waals surface area contributed by atoms with Gasteiger partial charge in [-0.2, -0.15) is 0 Å². The summed E-state index contributed by atoms with van der Waals surface area (Å²) in [5.41, 5.74) is 1.40. The molecule has 1 saturated carbocycles. The standard InChI is InChI=1S/C14H20BrNO3S/c1-10-7-12(9-17)8-13(14(10)15)20(18,19)16-6-5-11-3-2-4-11/h7-8,11,16-17H,2-6,9H2,1H3. The predicted octanol–water partition coefficient (Wildman–Crippen LogP) is 2.72. The molecule has 0 atom stereocenters. The number of nitrogens with one attached hydrogen (secondary N) is 1. The van der Waals surface area contributed by atoms with Gasteiger partial charge in [-0.15, -0.1) is 0 Å². The highest BCUT2D eigenvalue weighted by atomic mass is 79.9. The van der Waals surface area contributed by atoms with Crippen molar-refractivity contribution in [1.29, 1.82) is 0 Å². The van der Waals surface area contributed by atoms with E-state index in [-0.39, 0.29) is 11.5 Å². The van der Waals surface area contributed by atoms with Gasteiger partial charge in [0, 0.05) is 11.0 Å².